The Kier molecular flexibility index (Phi) is 3.78. The quantitative estimate of drug-likeness (QED) is 0.867. The van der Waals surface area contributed by atoms with Crippen molar-refractivity contribution in [1.29, 1.82) is 0 Å². The summed E-state index contributed by atoms with van der Waals surface area (Å²) in [5.74, 6) is 0.730. The van der Waals surface area contributed by atoms with Gasteiger partial charge in [-0.05, 0) is 37.1 Å². The lowest BCUT2D eigenvalue weighted by Gasteiger charge is -2.17. The van der Waals surface area contributed by atoms with Gasteiger partial charge >= 0.3 is 0 Å². The second kappa shape index (κ2) is 5.58. The Hall–Kier alpha value is -1.72. The molecule has 0 saturated carbocycles. The second-order valence-corrected chi connectivity index (χ2v) is 5.58. The molecule has 5 nitrogen and oxygen atoms in total. The van der Waals surface area contributed by atoms with E-state index in [9.17, 15) is 4.79 Å². The van der Waals surface area contributed by atoms with Gasteiger partial charge in [0.05, 0.1) is 11.0 Å². The zero-order valence-electron chi connectivity index (χ0n) is 11.5. The molecular formula is C15H17ClN4O. The number of likely N-dealkylation sites (tertiary alicyclic amines) is 1. The van der Waals surface area contributed by atoms with Gasteiger partial charge in [-0.15, -0.1) is 12.4 Å². The van der Waals surface area contributed by atoms with Gasteiger partial charge in [-0.3, -0.25) is 14.8 Å². The Morgan fingerprint density at radius 1 is 1.19 bits per heavy atom. The number of aromatic nitrogens is 2. The Balaban J connectivity index is 0.00000132. The summed E-state index contributed by atoms with van der Waals surface area (Å²) in [6.07, 6.45) is 4.50. The molecule has 2 aromatic rings. The van der Waals surface area contributed by atoms with Crippen LogP contribution in [0.2, 0.25) is 0 Å². The van der Waals surface area contributed by atoms with Crippen molar-refractivity contribution in [3.63, 3.8) is 0 Å². The SMILES string of the molecule is Cl.O=C(c1ccc2nccnc2c1)N1C[C@@H]2CCN[C@@H]2C1. The van der Waals surface area contributed by atoms with Gasteiger partial charge in [0.25, 0.3) is 5.91 Å². The molecule has 1 aromatic carbocycles. The summed E-state index contributed by atoms with van der Waals surface area (Å²) in [6.45, 7) is 2.78. The van der Waals surface area contributed by atoms with E-state index in [-0.39, 0.29) is 18.3 Å². The highest BCUT2D eigenvalue weighted by atomic mass is 35.5. The number of carbonyl (C=O) groups excluding carboxylic acids is 1. The van der Waals surface area contributed by atoms with Gasteiger partial charge < -0.3 is 10.2 Å². The van der Waals surface area contributed by atoms with Crippen molar-refractivity contribution in [2.24, 2.45) is 5.92 Å². The van der Waals surface area contributed by atoms with Crippen molar-refractivity contribution in [1.82, 2.24) is 20.2 Å². The molecule has 2 aliphatic rings. The van der Waals surface area contributed by atoms with Crippen LogP contribution in [0.15, 0.2) is 30.6 Å². The van der Waals surface area contributed by atoms with Crippen LogP contribution in [0.25, 0.3) is 11.0 Å². The topological polar surface area (TPSA) is 58.1 Å². The first-order valence-electron chi connectivity index (χ1n) is 7.05. The van der Waals surface area contributed by atoms with Gasteiger partial charge in [-0.25, -0.2) is 0 Å². The van der Waals surface area contributed by atoms with E-state index >= 15 is 0 Å². The molecule has 21 heavy (non-hydrogen) atoms. The fourth-order valence-corrected chi connectivity index (χ4v) is 3.29. The lowest BCUT2D eigenvalue weighted by atomic mass is 10.1. The molecule has 2 atom stereocenters. The number of hydrogen-bond donors (Lipinski definition) is 1. The molecule has 3 heterocycles. The molecule has 2 aliphatic heterocycles. The third-order valence-corrected chi connectivity index (χ3v) is 4.37. The maximum Gasteiger partial charge on any atom is 0.253 e. The second-order valence-electron chi connectivity index (χ2n) is 5.58. The molecule has 1 N–H and O–H groups in total. The predicted octanol–water partition coefficient (Wildman–Crippen LogP) is 1.49. The molecule has 6 heteroatoms. The molecule has 0 unspecified atom stereocenters. The molecule has 2 fully saturated rings. The van der Waals surface area contributed by atoms with Gasteiger partial charge in [0.1, 0.15) is 0 Å². The first kappa shape index (κ1) is 14.2. The maximum absolute atomic E-state index is 12.6. The number of nitrogens with one attached hydrogen (secondary N) is 1. The van der Waals surface area contributed by atoms with Crippen LogP contribution in [0.3, 0.4) is 0 Å². The van der Waals surface area contributed by atoms with E-state index in [2.05, 4.69) is 15.3 Å². The average Bonchev–Trinajstić information content (AvgIpc) is 3.07. The van der Waals surface area contributed by atoms with Crippen LogP contribution >= 0.6 is 12.4 Å². The monoisotopic (exact) mass is 304 g/mol. The van der Waals surface area contributed by atoms with Crippen molar-refractivity contribution in [3.05, 3.63) is 36.2 Å². The van der Waals surface area contributed by atoms with Crippen LogP contribution in [-0.4, -0.2) is 46.5 Å². The number of halogens is 1. The number of fused-ring (bicyclic) bond motifs is 2. The van der Waals surface area contributed by atoms with Crippen molar-refractivity contribution in [3.8, 4) is 0 Å². The Morgan fingerprint density at radius 2 is 2.00 bits per heavy atom. The van der Waals surface area contributed by atoms with E-state index in [1.54, 1.807) is 12.4 Å². The molecule has 0 radical (unpaired) electrons. The molecular weight excluding hydrogens is 288 g/mol. The Labute approximate surface area is 129 Å². The summed E-state index contributed by atoms with van der Waals surface area (Å²) in [6, 6.07) is 6.04. The van der Waals surface area contributed by atoms with E-state index in [4.69, 9.17) is 0 Å². The number of amides is 1. The van der Waals surface area contributed by atoms with Crippen LogP contribution in [0.1, 0.15) is 16.8 Å². The lowest BCUT2D eigenvalue weighted by Crippen LogP contribution is -2.33. The van der Waals surface area contributed by atoms with E-state index in [1.807, 2.05) is 23.1 Å². The van der Waals surface area contributed by atoms with Crippen LogP contribution in [0.4, 0.5) is 0 Å². The number of carbonyl (C=O) groups is 1. The van der Waals surface area contributed by atoms with Crippen LogP contribution in [-0.2, 0) is 0 Å². The highest BCUT2D eigenvalue weighted by Gasteiger charge is 2.38. The van der Waals surface area contributed by atoms with Gasteiger partial charge in [0, 0.05) is 37.1 Å². The van der Waals surface area contributed by atoms with Crippen molar-refractivity contribution in [2.45, 2.75) is 12.5 Å². The fourth-order valence-electron chi connectivity index (χ4n) is 3.29. The van der Waals surface area contributed by atoms with Gasteiger partial charge in [0.2, 0.25) is 0 Å². The van der Waals surface area contributed by atoms with Crippen LogP contribution in [0, 0.1) is 5.92 Å². The summed E-state index contributed by atoms with van der Waals surface area (Å²) >= 11 is 0. The number of rotatable bonds is 1. The van der Waals surface area contributed by atoms with E-state index in [1.165, 1.54) is 6.42 Å². The zero-order valence-corrected chi connectivity index (χ0v) is 12.3. The third kappa shape index (κ3) is 2.47. The molecule has 1 amide bonds. The van der Waals surface area contributed by atoms with Gasteiger partial charge in [0.15, 0.2) is 0 Å². The summed E-state index contributed by atoms with van der Waals surface area (Å²) < 4.78 is 0. The van der Waals surface area contributed by atoms with E-state index < -0.39 is 0 Å². The molecule has 2 saturated heterocycles. The summed E-state index contributed by atoms with van der Waals surface area (Å²) in [7, 11) is 0. The van der Waals surface area contributed by atoms with Gasteiger partial charge in [-0.1, -0.05) is 0 Å². The number of hydrogen-bond acceptors (Lipinski definition) is 4. The smallest absolute Gasteiger partial charge is 0.253 e. The lowest BCUT2D eigenvalue weighted by molar-refractivity contribution is 0.0783. The van der Waals surface area contributed by atoms with Crippen molar-refractivity contribution < 1.29 is 4.79 Å². The molecule has 110 valence electrons. The van der Waals surface area contributed by atoms with Gasteiger partial charge in [-0.2, -0.15) is 0 Å². The Morgan fingerprint density at radius 3 is 2.81 bits per heavy atom. The highest BCUT2D eigenvalue weighted by Crippen LogP contribution is 2.26. The summed E-state index contributed by atoms with van der Waals surface area (Å²) in [5, 5.41) is 3.47. The minimum absolute atomic E-state index is 0. The minimum Gasteiger partial charge on any atom is -0.337 e. The van der Waals surface area contributed by atoms with Crippen molar-refractivity contribution >= 4 is 29.3 Å². The van der Waals surface area contributed by atoms with Crippen molar-refractivity contribution in [2.75, 3.05) is 19.6 Å². The molecule has 0 bridgehead atoms. The van der Waals surface area contributed by atoms with Crippen LogP contribution < -0.4 is 5.32 Å². The summed E-state index contributed by atoms with van der Waals surface area (Å²) in [5.41, 5.74) is 2.30. The number of nitrogens with zero attached hydrogens (tertiary/aromatic N) is 3. The third-order valence-electron chi connectivity index (χ3n) is 4.37. The Bertz CT molecular complexity index is 666. The first-order valence-corrected chi connectivity index (χ1v) is 7.05. The normalized spacial score (nSPS) is 23.9. The van der Waals surface area contributed by atoms with Crippen LogP contribution in [0.5, 0.6) is 0 Å². The molecule has 4 rings (SSSR count). The molecule has 1 aromatic heterocycles. The largest absolute Gasteiger partial charge is 0.337 e. The fraction of sp³-hybridized carbons (Fsp3) is 0.400. The first-order chi connectivity index (χ1) is 9.81. The van der Waals surface area contributed by atoms with E-state index in [0.717, 1.165) is 30.7 Å². The highest BCUT2D eigenvalue weighted by molar-refractivity contribution is 5.97. The zero-order chi connectivity index (χ0) is 13.5. The maximum atomic E-state index is 12.6. The van der Waals surface area contributed by atoms with E-state index in [0.29, 0.717) is 17.5 Å². The standard InChI is InChI=1S/C15H16N4O.ClH/c20-15(19-8-11-3-4-16-14(11)9-19)10-1-2-12-13(7-10)18-6-5-17-12;/h1-2,5-7,11,14,16H,3-4,8-9H2;1H/t11-,14+;/m0./s1. The molecule has 0 aliphatic carbocycles. The predicted molar refractivity (Wildman–Crippen MR) is 82.6 cm³/mol. The summed E-state index contributed by atoms with van der Waals surface area (Å²) in [4.78, 5) is 23.0. The average molecular weight is 305 g/mol. The number of benzene rings is 1. The minimum atomic E-state index is 0. The molecule has 0 spiro atoms.